The van der Waals surface area contributed by atoms with E-state index in [2.05, 4.69) is 4.90 Å². The van der Waals surface area contributed by atoms with E-state index >= 15 is 0 Å². The third kappa shape index (κ3) is 3.44. The van der Waals surface area contributed by atoms with Gasteiger partial charge in [0.25, 0.3) is 0 Å². The number of benzene rings is 2. The van der Waals surface area contributed by atoms with Crippen molar-refractivity contribution in [3.8, 4) is 0 Å². The van der Waals surface area contributed by atoms with Crippen LogP contribution in [0.15, 0.2) is 53.4 Å². The van der Waals surface area contributed by atoms with Crippen LogP contribution >= 0.6 is 0 Å². The quantitative estimate of drug-likeness (QED) is 0.833. The van der Waals surface area contributed by atoms with Crippen molar-refractivity contribution in [3.05, 3.63) is 59.9 Å². The van der Waals surface area contributed by atoms with Gasteiger partial charge in [0.05, 0.1) is 4.90 Å². The molecule has 0 spiro atoms. The van der Waals surface area contributed by atoms with Gasteiger partial charge in [-0.05, 0) is 42.7 Å². The number of hydrogen-bond donors (Lipinski definition) is 0. The number of para-hydroxylation sites is 1. The standard InChI is InChI=1S/C18H21FN2O2S/c1-20(24(22,23)17-9-6-8-16(19)13-17)14-15-7-2-3-10-18(15)21-11-4-5-12-21/h2-3,6-10,13H,4-5,11-12,14H2,1H3. The smallest absolute Gasteiger partial charge is 0.243 e. The molecule has 3 rings (SSSR count). The maximum absolute atomic E-state index is 13.4. The van der Waals surface area contributed by atoms with Crippen molar-refractivity contribution in [2.45, 2.75) is 24.3 Å². The molecule has 0 amide bonds. The largest absolute Gasteiger partial charge is 0.371 e. The van der Waals surface area contributed by atoms with Gasteiger partial charge in [-0.15, -0.1) is 0 Å². The molecule has 0 bridgehead atoms. The molecule has 1 aliphatic heterocycles. The molecule has 4 nitrogen and oxygen atoms in total. The first-order valence-electron chi connectivity index (χ1n) is 8.03. The Kier molecular flexibility index (Phi) is 4.87. The average Bonchev–Trinajstić information content (AvgIpc) is 3.09. The lowest BCUT2D eigenvalue weighted by molar-refractivity contribution is 0.466. The van der Waals surface area contributed by atoms with Crippen molar-refractivity contribution in [2.75, 3.05) is 25.0 Å². The Morgan fingerprint density at radius 1 is 1.08 bits per heavy atom. The summed E-state index contributed by atoms with van der Waals surface area (Å²) in [5.74, 6) is -0.554. The van der Waals surface area contributed by atoms with E-state index in [0.29, 0.717) is 0 Å². The van der Waals surface area contributed by atoms with Gasteiger partial charge in [-0.3, -0.25) is 0 Å². The van der Waals surface area contributed by atoms with Gasteiger partial charge in [-0.2, -0.15) is 4.31 Å². The molecule has 2 aromatic rings. The fourth-order valence-corrected chi connectivity index (χ4v) is 4.22. The third-order valence-electron chi connectivity index (χ3n) is 4.34. The molecule has 0 aromatic heterocycles. The topological polar surface area (TPSA) is 40.6 Å². The lowest BCUT2D eigenvalue weighted by Gasteiger charge is -2.24. The van der Waals surface area contributed by atoms with E-state index in [1.165, 1.54) is 29.6 Å². The van der Waals surface area contributed by atoms with E-state index in [1.807, 2.05) is 24.3 Å². The molecular formula is C18H21FN2O2S. The van der Waals surface area contributed by atoms with E-state index in [4.69, 9.17) is 0 Å². The second-order valence-electron chi connectivity index (χ2n) is 6.04. The van der Waals surface area contributed by atoms with Crippen molar-refractivity contribution in [1.82, 2.24) is 4.31 Å². The molecule has 24 heavy (non-hydrogen) atoms. The van der Waals surface area contributed by atoms with Crippen LogP contribution in [0.4, 0.5) is 10.1 Å². The summed E-state index contributed by atoms with van der Waals surface area (Å²) < 4.78 is 40.0. The van der Waals surface area contributed by atoms with Crippen molar-refractivity contribution in [1.29, 1.82) is 0 Å². The molecule has 0 aliphatic carbocycles. The maximum Gasteiger partial charge on any atom is 0.243 e. The molecule has 0 radical (unpaired) electrons. The van der Waals surface area contributed by atoms with Gasteiger partial charge < -0.3 is 4.90 Å². The Hall–Kier alpha value is -1.92. The first-order chi connectivity index (χ1) is 11.5. The summed E-state index contributed by atoms with van der Waals surface area (Å²) in [6, 6.07) is 13.0. The molecular weight excluding hydrogens is 327 g/mol. The second kappa shape index (κ2) is 6.91. The molecule has 1 heterocycles. The number of hydrogen-bond acceptors (Lipinski definition) is 3. The first kappa shape index (κ1) is 16.9. The van der Waals surface area contributed by atoms with Crippen LogP contribution in [0.5, 0.6) is 0 Å². The highest BCUT2D eigenvalue weighted by Crippen LogP contribution is 2.27. The van der Waals surface area contributed by atoms with Crippen LogP contribution in [-0.4, -0.2) is 32.9 Å². The van der Waals surface area contributed by atoms with Gasteiger partial charge in [0, 0.05) is 32.4 Å². The number of halogens is 1. The monoisotopic (exact) mass is 348 g/mol. The highest BCUT2D eigenvalue weighted by Gasteiger charge is 2.23. The Morgan fingerprint density at radius 3 is 2.50 bits per heavy atom. The van der Waals surface area contributed by atoms with Crippen LogP contribution in [0.25, 0.3) is 0 Å². The minimum absolute atomic E-state index is 0.0244. The van der Waals surface area contributed by atoms with Crippen LogP contribution in [0.1, 0.15) is 18.4 Å². The SMILES string of the molecule is CN(Cc1ccccc1N1CCCC1)S(=O)(=O)c1cccc(F)c1. The van der Waals surface area contributed by atoms with Crippen LogP contribution in [0.3, 0.4) is 0 Å². The third-order valence-corrected chi connectivity index (χ3v) is 6.14. The van der Waals surface area contributed by atoms with Crippen LogP contribution in [0.2, 0.25) is 0 Å². The Labute approximate surface area is 142 Å². The molecule has 1 aliphatic rings. The van der Waals surface area contributed by atoms with Gasteiger partial charge in [0.1, 0.15) is 5.82 Å². The predicted octanol–water partition coefficient (Wildman–Crippen LogP) is 3.25. The van der Waals surface area contributed by atoms with E-state index in [-0.39, 0.29) is 11.4 Å². The highest BCUT2D eigenvalue weighted by atomic mass is 32.2. The first-order valence-corrected chi connectivity index (χ1v) is 9.47. The van der Waals surface area contributed by atoms with E-state index in [9.17, 15) is 12.8 Å². The van der Waals surface area contributed by atoms with E-state index < -0.39 is 15.8 Å². The van der Waals surface area contributed by atoms with Crippen molar-refractivity contribution < 1.29 is 12.8 Å². The summed E-state index contributed by atoms with van der Waals surface area (Å²) >= 11 is 0. The van der Waals surface area contributed by atoms with Gasteiger partial charge in [-0.1, -0.05) is 24.3 Å². The molecule has 128 valence electrons. The highest BCUT2D eigenvalue weighted by molar-refractivity contribution is 7.89. The Balaban J connectivity index is 1.86. The molecule has 1 fully saturated rings. The van der Waals surface area contributed by atoms with Crippen LogP contribution < -0.4 is 4.90 Å². The summed E-state index contributed by atoms with van der Waals surface area (Å²) in [6.07, 6.45) is 2.32. The lowest BCUT2D eigenvalue weighted by Crippen LogP contribution is -2.28. The van der Waals surface area contributed by atoms with Crippen LogP contribution in [0, 0.1) is 5.82 Å². The van der Waals surface area contributed by atoms with Crippen molar-refractivity contribution in [3.63, 3.8) is 0 Å². The molecule has 0 saturated carbocycles. The van der Waals surface area contributed by atoms with Gasteiger partial charge >= 0.3 is 0 Å². The molecule has 2 aromatic carbocycles. The fraction of sp³-hybridized carbons (Fsp3) is 0.333. The molecule has 1 saturated heterocycles. The van der Waals surface area contributed by atoms with E-state index in [1.54, 1.807) is 0 Å². The molecule has 0 unspecified atom stereocenters. The molecule has 6 heteroatoms. The van der Waals surface area contributed by atoms with Gasteiger partial charge in [-0.25, -0.2) is 12.8 Å². The zero-order valence-corrected chi connectivity index (χ0v) is 14.5. The van der Waals surface area contributed by atoms with E-state index in [0.717, 1.165) is 43.2 Å². The summed E-state index contributed by atoms with van der Waals surface area (Å²) in [5.41, 5.74) is 2.04. The molecule has 0 N–H and O–H groups in total. The van der Waals surface area contributed by atoms with Gasteiger partial charge in [0.2, 0.25) is 10.0 Å². The van der Waals surface area contributed by atoms with Gasteiger partial charge in [0.15, 0.2) is 0 Å². The zero-order valence-electron chi connectivity index (χ0n) is 13.7. The summed E-state index contributed by atoms with van der Waals surface area (Å²) in [7, 11) is -2.20. The molecule has 0 atom stereocenters. The summed E-state index contributed by atoms with van der Waals surface area (Å²) in [6.45, 7) is 2.25. The predicted molar refractivity (Wildman–Crippen MR) is 92.9 cm³/mol. The second-order valence-corrected chi connectivity index (χ2v) is 8.09. The Morgan fingerprint density at radius 2 is 1.79 bits per heavy atom. The lowest BCUT2D eigenvalue weighted by atomic mass is 10.1. The summed E-state index contributed by atoms with van der Waals surface area (Å²) in [5, 5.41) is 0. The normalized spacial score (nSPS) is 15.2. The number of nitrogens with zero attached hydrogens (tertiary/aromatic N) is 2. The number of rotatable bonds is 5. The fourth-order valence-electron chi connectivity index (χ4n) is 3.04. The summed E-state index contributed by atoms with van der Waals surface area (Å²) in [4.78, 5) is 2.27. The minimum Gasteiger partial charge on any atom is -0.371 e. The average molecular weight is 348 g/mol. The maximum atomic E-state index is 13.4. The number of anilines is 1. The number of sulfonamides is 1. The zero-order chi connectivity index (χ0) is 17.2. The van der Waals surface area contributed by atoms with Crippen LogP contribution in [-0.2, 0) is 16.6 Å². The Bertz CT molecular complexity index is 817. The van der Waals surface area contributed by atoms with Crippen molar-refractivity contribution in [2.24, 2.45) is 0 Å². The minimum atomic E-state index is -3.73. The van der Waals surface area contributed by atoms with Crippen molar-refractivity contribution >= 4 is 15.7 Å².